The summed E-state index contributed by atoms with van der Waals surface area (Å²) in [4.78, 5) is 4.75. The first-order chi connectivity index (χ1) is 35.2. The number of furan rings is 1. The third-order valence-corrected chi connectivity index (χ3v) is 13.8. The molecule has 334 valence electrons. The fraction of sp³-hybridized carbons (Fsp3) is 0. The molecule has 0 saturated heterocycles. The monoisotopic (exact) mass is 906 g/mol. The third-order valence-electron chi connectivity index (χ3n) is 13.8. The van der Waals surface area contributed by atoms with Gasteiger partial charge in [0.25, 0.3) is 0 Å². The topological polar surface area (TPSA) is 19.6 Å². The minimum absolute atomic E-state index is 0.846. The summed E-state index contributed by atoms with van der Waals surface area (Å²) >= 11 is 0. The molecular formula is C68H46N2O. The SMILES string of the molecule is c1ccc(-c2ccc(N(c3cccc(-c4ccccc4N(c4ccc(-c5ccccc5)cc4)c4ccc5c(c4)oc4ccc6ccccc6c45)c3)c3cccc(-c4cccc5ccccc45)c3)cc2)cc1. The Labute approximate surface area is 413 Å². The highest BCUT2D eigenvalue weighted by Crippen LogP contribution is 2.46. The number of rotatable bonds is 10. The van der Waals surface area contributed by atoms with Crippen LogP contribution in [0.1, 0.15) is 0 Å². The lowest BCUT2D eigenvalue weighted by Crippen LogP contribution is -2.12. The smallest absolute Gasteiger partial charge is 0.137 e. The van der Waals surface area contributed by atoms with Crippen LogP contribution in [0.4, 0.5) is 34.1 Å². The second kappa shape index (κ2) is 17.9. The molecule has 12 aromatic carbocycles. The highest BCUT2D eigenvalue weighted by atomic mass is 16.3. The minimum Gasteiger partial charge on any atom is -0.456 e. The zero-order valence-electron chi connectivity index (χ0n) is 38.9. The van der Waals surface area contributed by atoms with Crippen LogP contribution in [0.25, 0.3) is 88.0 Å². The molecule has 13 aromatic rings. The van der Waals surface area contributed by atoms with Crippen molar-refractivity contribution in [2.24, 2.45) is 0 Å². The molecular weight excluding hydrogens is 861 g/mol. The number of hydrogen-bond acceptors (Lipinski definition) is 3. The predicted molar refractivity (Wildman–Crippen MR) is 300 cm³/mol. The van der Waals surface area contributed by atoms with Gasteiger partial charge in [-0.1, -0.05) is 200 Å². The minimum atomic E-state index is 0.846. The Hall–Kier alpha value is -9.44. The van der Waals surface area contributed by atoms with Crippen LogP contribution in [0.15, 0.2) is 283 Å². The molecule has 0 aliphatic rings. The molecule has 0 saturated carbocycles. The van der Waals surface area contributed by atoms with Crippen molar-refractivity contribution in [3.8, 4) is 44.5 Å². The van der Waals surface area contributed by atoms with Gasteiger partial charge in [-0.05, 0) is 133 Å². The summed E-state index contributed by atoms with van der Waals surface area (Å²) in [5.41, 5.74) is 17.3. The van der Waals surface area contributed by atoms with E-state index in [2.05, 4.69) is 289 Å². The van der Waals surface area contributed by atoms with E-state index in [-0.39, 0.29) is 0 Å². The molecule has 13 rings (SSSR count). The third kappa shape index (κ3) is 7.76. The maximum atomic E-state index is 6.70. The highest BCUT2D eigenvalue weighted by molar-refractivity contribution is 6.19. The lowest BCUT2D eigenvalue weighted by Gasteiger charge is -2.29. The van der Waals surface area contributed by atoms with E-state index in [1.54, 1.807) is 0 Å². The van der Waals surface area contributed by atoms with E-state index < -0.39 is 0 Å². The van der Waals surface area contributed by atoms with E-state index in [0.29, 0.717) is 0 Å². The molecule has 0 fully saturated rings. The number of anilines is 6. The summed E-state index contributed by atoms with van der Waals surface area (Å²) in [6.07, 6.45) is 0. The maximum absolute atomic E-state index is 6.70. The summed E-state index contributed by atoms with van der Waals surface area (Å²) in [6, 6.07) is 100. The summed E-state index contributed by atoms with van der Waals surface area (Å²) in [5, 5.41) is 7.09. The number of hydrogen-bond donors (Lipinski definition) is 0. The molecule has 0 atom stereocenters. The van der Waals surface area contributed by atoms with Crippen LogP contribution >= 0.6 is 0 Å². The van der Waals surface area contributed by atoms with Crippen LogP contribution in [-0.2, 0) is 0 Å². The van der Waals surface area contributed by atoms with Crippen molar-refractivity contribution < 1.29 is 4.42 Å². The van der Waals surface area contributed by atoms with Crippen molar-refractivity contribution in [2.45, 2.75) is 0 Å². The lowest BCUT2D eigenvalue weighted by molar-refractivity contribution is 0.669. The molecule has 1 heterocycles. The average molecular weight is 907 g/mol. The van der Waals surface area contributed by atoms with E-state index in [1.165, 1.54) is 43.8 Å². The first kappa shape index (κ1) is 41.7. The fourth-order valence-corrected chi connectivity index (χ4v) is 10.4. The van der Waals surface area contributed by atoms with Crippen LogP contribution < -0.4 is 9.80 Å². The molecule has 0 bridgehead atoms. The number of nitrogens with zero attached hydrogens (tertiary/aromatic N) is 2. The zero-order chi connectivity index (χ0) is 47.1. The van der Waals surface area contributed by atoms with Gasteiger partial charge in [0.2, 0.25) is 0 Å². The first-order valence-corrected chi connectivity index (χ1v) is 24.2. The standard InChI is InChI=1S/C68H46N2O/c1-3-16-47(17-4-1)49-32-37-55(38-33-49)69(57-25-13-23-53(44-57)61-30-15-22-51-20-7-9-27-60(51)61)58-26-14-24-54(45-58)62-28-11-12-31-65(62)70(56-39-34-50(35-40-56)48-18-5-2-6-19-48)59-41-42-64-67(46-59)71-66-43-36-52-21-8-10-29-63(52)68(64)66/h1-46H. The number of benzene rings is 12. The molecule has 0 spiro atoms. The van der Waals surface area contributed by atoms with Crippen molar-refractivity contribution in [1.82, 2.24) is 0 Å². The molecule has 0 radical (unpaired) electrons. The predicted octanol–water partition coefficient (Wildman–Crippen LogP) is 19.5. The Bertz CT molecular complexity index is 4040. The number of fused-ring (bicyclic) bond motifs is 6. The largest absolute Gasteiger partial charge is 0.456 e. The Balaban J connectivity index is 0.959. The van der Waals surface area contributed by atoms with E-state index in [0.717, 1.165) is 78.3 Å². The average Bonchev–Trinajstić information content (AvgIpc) is 3.83. The van der Waals surface area contributed by atoms with Gasteiger partial charge in [-0.3, -0.25) is 0 Å². The van der Waals surface area contributed by atoms with Crippen LogP contribution in [0, 0.1) is 0 Å². The van der Waals surface area contributed by atoms with E-state index >= 15 is 0 Å². The Morgan fingerprint density at radius 3 is 1.38 bits per heavy atom. The van der Waals surface area contributed by atoms with Gasteiger partial charge in [0.05, 0.1) is 5.69 Å². The summed E-state index contributed by atoms with van der Waals surface area (Å²) in [7, 11) is 0. The summed E-state index contributed by atoms with van der Waals surface area (Å²) in [5.74, 6) is 0. The molecule has 71 heavy (non-hydrogen) atoms. The number of para-hydroxylation sites is 1. The molecule has 0 N–H and O–H groups in total. The molecule has 1 aromatic heterocycles. The second-order valence-corrected chi connectivity index (χ2v) is 18.1. The summed E-state index contributed by atoms with van der Waals surface area (Å²) < 4.78 is 6.70. The molecule has 0 amide bonds. The van der Waals surface area contributed by atoms with E-state index in [9.17, 15) is 0 Å². The van der Waals surface area contributed by atoms with Crippen LogP contribution in [-0.4, -0.2) is 0 Å². The van der Waals surface area contributed by atoms with Crippen LogP contribution in [0.2, 0.25) is 0 Å². The van der Waals surface area contributed by atoms with Crippen molar-refractivity contribution in [3.05, 3.63) is 279 Å². The first-order valence-electron chi connectivity index (χ1n) is 24.2. The van der Waals surface area contributed by atoms with E-state index in [4.69, 9.17) is 4.42 Å². The van der Waals surface area contributed by atoms with E-state index in [1.807, 2.05) is 0 Å². The van der Waals surface area contributed by atoms with Gasteiger partial charge < -0.3 is 14.2 Å². The Kier molecular flexibility index (Phi) is 10.5. The Morgan fingerprint density at radius 2 is 0.704 bits per heavy atom. The van der Waals surface area contributed by atoms with Gasteiger partial charge >= 0.3 is 0 Å². The Morgan fingerprint density at radius 1 is 0.239 bits per heavy atom. The quantitative estimate of drug-likeness (QED) is 0.136. The summed E-state index contributed by atoms with van der Waals surface area (Å²) in [6.45, 7) is 0. The van der Waals surface area contributed by atoms with Crippen molar-refractivity contribution in [3.63, 3.8) is 0 Å². The van der Waals surface area contributed by atoms with Gasteiger partial charge in [0.15, 0.2) is 0 Å². The van der Waals surface area contributed by atoms with Crippen molar-refractivity contribution in [1.29, 1.82) is 0 Å². The van der Waals surface area contributed by atoms with Crippen LogP contribution in [0.3, 0.4) is 0 Å². The normalized spacial score (nSPS) is 11.4. The fourth-order valence-electron chi connectivity index (χ4n) is 10.4. The molecule has 0 unspecified atom stereocenters. The molecule has 0 aliphatic heterocycles. The van der Waals surface area contributed by atoms with Gasteiger partial charge in [-0.2, -0.15) is 0 Å². The van der Waals surface area contributed by atoms with Gasteiger partial charge in [0.1, 0.15) is 11.2 Å². The van der Waals surface area contributed by atoms with Crippen molar-refractivity contribution >= 4 is 77.6 Å². The van der Waals surface area contributed by atoms with Crippen LogP contribution in [0.5, 0.6) is 0 Å². The molecule has 0 aliphatic carbocycles. The second-order valence-electron chi connectivity index (χ2n) is 18.1. The highest BCUT2D eigenvalue weighted by Gasteiger charge is 2.22. The molecule has 3 heteroatoms. The van der Waals surface area contributed by atoms with Gasteiger partial charge in [-0.15, -0.1) is 0 Å². The van der Waals surface area contributed by atoms with Crippen molar-refractivity contribution in [2.75, 3.05) is 9.80 Å². The zero-order valence-corrected chi connectivity index (χ0v) is 38.9. The van der Waals surface area contributed by atoms with Gasteiger partial charge in [0, 0.05) is 50.8 Å². The van der Waals surface area contributed by atoms with Gasteiger partial charge in [-0.25, -0.2) is 0 Å². The lowest BCUT2D eigenvalue weighted by atomic mass is 9.97. The molecule has 3 nitrogen and oxygen atoms in total. The maximum Gasteiger partial charge on any atom is 0.137 e.